The van der Waals surface area contributed by atoms with Crippen LogP contribution in [-0.2, 0) is 22.1 Å². The Morgan fingerprint density at radius 1 is 1.03 bits per heavy atom. The van der Waals surface area contributed by atoms with E-state index in [1.165, 1.54) is 0 Å². The second kappa shape index (κ2) is 11.2. The zero-order valence-electron chi connectivity index (χ0n) is 24.5. The maximum absolute atomic E-state index is 13.8. The summed E-state index contributed by atoms with van der Waals surface area (Å²) in [6, 6.07) is 6.99. The molecule has 0 fully saturated rings. The summed E-state index contributed by atoms with van der Waals surface area (Å²) in [5, 5.41) is 7.52. The molecule has 1 heterocycles. The minimum Gasteiger partial charge on any atom is -0.350 e. The van der Waals surface area contributed by atoms with Crippen LogP contribution in [-0.4, -0.2) is 53.5 Å². The summed E-state index contributed by atoms with van der Waals surface area (Å²) in [5.74, 6) is -0.00851. The molecule has 36 heavy (non-hydrogen) atoms. The molecule has 2 amide bonds. The van der Waals surface area contributed by atoms with Crippen molar-refractivity contribution < 1.29 is 9.59 Å². The lowest BCUT2D eigenvalue weighted by Gasteiger charge is -2.39. The van der Waals surface area contributed by atoms with Crippen molar-refractivity contribution in [3.8, 4) is 0 Å². The van der Waals surface area contributed by atoms with Gasteiger partial charge in [-0.1, -0.05) is 78.3 Å². The standard InChI is InChI=1S/C30H48N4O2/c1-19(2)17-24(20(3)4)34(12)28(36)26(29(5,6)7)32-27(35)25(31-10)30(8,9)22-18-33(11)23-16-14-13-15-21(22)23/h13-18,20,24-26,31H,1-12H3,(H,32,35)/t24-,25-,26-/m1/s1. The van der Waals surface area contributed by atoms with Gasteiger partial charge in [-0.2, -0.15) is 0 Å². The maximum atomic E-state index is 13.8. The number of hydrogen-bond donors (Lipinski definition) is 2. The van der Waals surface area contributed by atoms with Crippen LogP contribution in [0, 0.1) is 11.3 Å². The van der Waals surface area contributed by atoms with Gasteiger partial charge in [0.25, 0.3) is 0 Å². The lowest BCUT2D eigenvalue weighted by atomic mass is 9.76. The number of amides is 2. The number of aromatic nitrogens is 1. The highest BCUT2D eigenvalue weighted by atomic mass is 16.2. The fourth-order valence-corrected chi connectivity index (χ4v) is 5.15. The number of allylic oxidation sites excluding steroid dienone is 1. The highest BCUT2D eigenvalue weighted by molar-refractivity contribution is 5.93. The van der Waals surface area contributed by atoms with Crippen molar-refractivity contribution in [1.82, 2.24) is 20.1 Å². The van der Waals surface area contributed by atoms with Crippen LogP contribution < -0.4 is 10.6 Å². The van der Waals surface area contributed by atoms with Crippen molar-refractivity contribution in [3.05, 3.63) is 47.7 Å². The Morgan fingerprint density at radius 2 is 1.61 bits per heavy atom. The molecule has 2 N–H and O–H groups in total. The summed E-state index contributed by atoms with van der Waals surface area (Å²) in [6.07, 6.45) is 4.24. The number of para-hydroxylation sites is 1. The fraction of sp³-hybridized carbons (Fsp3) is 0.600. The van der Waals surface area contributed by atoms with E-state index >= 15 is 0 Å². The van der Waals surface area contributed by atoms with Crippen molar-refractivity contribution in [2.24, 2.45) is 18.4 Å². The SMILES string of the molecule is CN[C@H](C(=O)N[C@H](C(=O)N(C)[C@H](C=C(C)C)C(C)C)C(C)(C)C)C(C)(C)c1cn(C)c2ccccc12. The van der Waals surface area contributed by atoms with Crippen molar-refractivity contribution in [1.29, 1.82) is 0 Å². The molecule has 6 heteroatoms. The fourth-order valence-electron chi connectivity index (χ4n) is 5.15. The maximum Gasteiger partial charge on any atom is 0.245 e. The van der Waals surface area contributed by atoms with Gasteiger partial charge in [-0.3, -0.25) is 9.59 Å². The second-order valence-electron chi connectivity index (χ2n) is 12.3. The molecule has 200 valence electrons. The van der Waals surface area contributed by atoms with E-state index in [9.17, 15) is 9.59 Å². The van der Waals surface area contributed by atoms with E-state index in [4.69, 9.17) is 0 Å². The molecule has 0 saturated heterocycles. The number of nitrogens with zero attached hydrogens (tertiary/aromatic N) is 2. The first kappa shape index (κ1) is 29.6. The summed E-state index contributed by atoms with van der Waals surface area (Å²) in [5.41, 5.74) is 2.39. The summed E-state index contributed by atoms with van der Waals surface area (Å²) < 4.78 is 2.10. The molecule has 0 saturated carbocycles. The first-order chi connectivity index (χ1) is 16.5. The van der Waals surface area contributed by atoms with E-state index in [-0.39, 0.29) is 23.8 Å². The Bertz CT molecular complexity index is 1100. The monoisotopic (exact) mass is 496 g/mol. The number of carbonyl (C=O) groups excluding carboxylic acids is 2. The zero-order chi connectivity index (χ0) is 27.6. The highest BCUT2D eigenvalue weighted by Gasteiger charge is 2.42. The molecule has 2 aromatic rings. The smallest absolute Gasteiger partial charge is 0.245 e. The molecular weight excluding hydrogens is 448 g/mol. The van der Waals surface area contributed by atoms with Crippen molar-refractivity contribution in [2.45, 2.75) is 85.9 Å². The number of likely N-dealkylation sites (N-methyl/N-ethyl adjacent to an activating group) is 2. The summed E-state index contributed by atoms with van der Waals surface area (Å²) >= 11 is 0. The Morgan fingerprint density at radius 3 is 2.11 bits per heavy atom. The Balaban J connectivity index is 2.42. The minimum atomic E-state index is -0.666. The topological polar surface area (TPSA) is 66.4 Å². The summed E-state index contributed by atoms with van der Waals surface area (Å²) in [4.78, 5) is 29.4. The quantitative estimate of drug-likeness (QED) is 0.479. The van der Waals surface area contributed by atoms with Gasteiger partial charge in [-0.15, -0.1) is 0 Å². The Hall–Kier alpha value is -2.60. The first-order valence-corrected chi connectivity index (χ1v) is 13.0. The molecule has 0 aliphatic carbocycles. The molecule has 0 radical (unpaired) electrons. The largest absolute Gasteiger partial charge is 0.350 e. The van der Waals surface area contributed by atoms with E-state index in [1.807, 2.05) is 60.8 Å². The third-order valence-electron chi connectivity index (χ3n) is 7.25. The average molecular weight is 497 g/mol. The van der Waals surface area contributed by atoms with E-state index in [0.29, 0.717) is 0 Å². The van der Waals surface area contributed by atoms with Crippen molar-refractivity contribution in [3.63, 3.8) is 0 Å². The Labute approximate surface area is 218 Å². The number of hydrogen-bond acceptors (Lipinski definition) is 3. The van der Waals surface area contributed by atoms with Gasteiger partial charge in [0.1, 0.15) is 6.04 Å². The van der Waals surface area contributed by atoms with Crippen LogP contribution >= 0.6 is 0 Å². The van der Waals surface area contributed by atoms with Crippen LogP contribution in [0.15, 0.2) is 42.1 Å². The average Bonchev–Trinajstić information content (AvgIpc) is 3.11. The first-order valence-electron chi connectivity index (χ1n) is 13.0. The Kier molecular flexibility index (Phi) is 9.22. The third-order valence-corrected chi connectivity index (χ3v) is 7.25. The molecule has 2 rings (SSSR count). The number of fused-ring (bicyclic) bond motifs is 1. The molecule has 6 nitrogen and oxygen atoms in total. The van der Waals surface area contributed by atoms with Crippen LogP contribution in [0.1, 0.15) is 67.9 Å². The molecule has 1 aromatic carbocycles. The van der Waals surface area contributed by atoms with E-state index in [1.54, 1.807) is 11.9 Å². The minimum absolute atomic E-state index is 0.0449. The van der Waals surface area contributed by atoms with Gasteiger partial charge in [0.15, 0.2) is 0 Å². The number of benzene rings is 1. The van der Waals surface area contributed by atoms with Crippen molar-refractivity contribution in [2.75, 3.05) is 14.1 Å². The molecule has 0 bridgehead atoms. The zero-order valence-corrected chi connectivity index (χ0v) is 24.5. The van der Waals surface area contributed by atoms with Gasteiger partial charge in [0.2, 0.25) is 11.8 Å². The summed E-state index contributed by atoms with van der Waals surface area (Å²) in [7, 11) is 5.67. The predicted molar refractivity (Wildman–Crippen MR) is 151 cm³/mol. The summed E-state index contributed by atoms with van der Waals surface area (Å²) in [6.45, 7) is 18.5. The van der Waals surface area contributed by atoms with Gasteiger partial charge >= 0.3 is 0 Å². The lowest BCUT2D eigenvalue weighted by molar-refractivity contribution is -0.140. The van der Waals surface area contributed by atoms with E-state index in [2.05, 4.69) is 67.3 Å². The van der Waals surface area contributed by atoms with Crippen LogP contribution in [0.25, 0.3) is 10.9 Å². The molecular formula is C30H48N4O2. The normalized spacial score (nSPS) is 14.9. The number of rotatable bonds is 9. The van der Waals surface area contributed by atoms with Gasteiger partial charge in [0, 0.05) is 36.6 Å². The van der Waals surface area contributed by atoms with Crippen molar-refractivity contribution >= 4 is 22.7 Å². The highest BCUT2D eigenvalue weighted by Crippen LogP contribution is 2.35. The molecule has 0 aliphatic rings. The molecule has 0 aliphatic heterocycles. The number of aryl methyl sites for hydroxylation is 1. The van der Waals surface area contributed by atoms with E-state index < -0.39 is 22.9 Å². The lowest BCUT2D eigenvalue weighted by Crippen LogP contribution is -2.61. The van der Waals surface area contributed by atoms with Gasteiger partial charge in [0.05, 0.1) is 12.1 Å². The van der Waals surface area contributed by atoms with E-state index in [0.717, 1.165) is 22.0 Å². The number of carbonyl (C=O) groups is 2. The predicted octanol–water partition coefficient (Wildman–Crippen LogP) is 5.02. The van der Waals surface area contributed by atoms with Gasteiger partial charge in [-0.25, -0.2) is 0 Å². The van der Waals surface area contributed by atoms with Crippen LogP contribution in [0.4, 0.5) is 0 Å². The molecule has 1 aromatic heterocycles. The number of nitrogens with one attached hydrogen (secondary N) is 2. The molecule has 0 unspecified atom stereocenters. The third kappa shape index (κ3) is 6.20. The van der Waals surface area contributed by atoms with Crippen LogP contribution in [0.2, 0.25) is 0 Å². The molecule has 0 spiro atoms. The van der Waals surface area contributed by atoms with Gasteiger partial charge in [-0.05, 0) is 43.9 Å². The van der Waals surface area contributed by atoms with Crippen LogP contribution in [0.5, 0.6) is 0 Å². The second-order valence-corrected chi connectivity index (χ2v) is 12.3. The molecule has 3 atom stereocenters. The van der Waals surface area contributed by atoms with Gasteiger partial charge < -0.3 is 20.1 Å². The van der Waals surface area contributed by atoms with Crippen LogP contribution in [0.3, 0.4) is 0 Å².